The van der Waals surface area contributed by atoms with Gasteiger partial charge in [-0.3, -0.25) is 9.36 Å². The summed E-state index contributed by atoms with van der Waals surface area (Å²) < 4.78 is 13.2. The Morgan fingerprint density at radius 2 is 1.84 bits per heavy atom. The first-order valence-corrected chi connectivity index (χ1v) is 13.0. The number of rotatable bonds is 5. The van der Waals surface area contributed by atoms with E-state index in [0.29, 0.717) is 31.4 Å². The molecule has 0 saturated carbocycles. The van der Waals surface area contributed by atoms with Crippen LogP contribution in [-0.4, -0.2) is 23.8 Å². The van der Waals surface area contributed by atoms with Crippen LogP contribution in [0.25, 0.3) is 16.8 Å². The van der Waals surface area contributed by atoms with E-state index in [4.69, 9.17) is 21.1 Å². The minimum atomic E-state index is -0.698. The first-order valence-electron chi connectivity index (χ1n) is 11.8. The fourth-order valence-electron chi connectivity index (χ4n) is 4.55. The lowest BCUT2D eigenvalue weighted by Gasteiger charge is -2.25. The smallest absolute Gasteiger partial charge is 0.338 e. The maximum absolute atomic E-state index is 13.9. The molecule has 8 heteroatoms. The van der Waals surface area contributed by atoms with Gasteiger partial charge in [-0.1, -0.05) is 65.4 Å². The van der Waals surface area contributed by atoms with Crippen LogP contribution in [0.3, 0.4) is 0 Å². The average Bonchev–Trinajstić information content (AvgIpc) is 3.17. The summed E-state index contributed by atoms with van der Waals surface area (Å²) in [5.41, 5.74) is 2.15. The van der Waals surface area contributed by atoms with Crippen LogP contribution < -0.4 is 19.6 Å². The maximum Gasteiger partial charge on any atom is 0.338 e. The number of benzene rings is 3. The summed E-state index contributed by atoms with van der Waals surface area (Å²) in [5, 5.41) is 2.57. The Morgan fingerprint density at radius 3 is 2.54 bits per heavy atom. The highest BCUT2D eigenvalue weighted by molar-refractivity contribution is 7.07. The highest BCUT2D eigenvalue weighted by Crippen LogP contribution is 2.32. The second-order valence-electron chi connectivity index (χ2n) is 8.99. The van der Waals surface area contributed by atoms with Gasteiger partial charge in [-0.2, -0.15) is 0 Å². The number of esters is 1. The van der Waals surface area contributed by atoms with E-state index in [1.807, 2.05) is 54.6 Å². The predicted molar refractivity (Wildman–Crippen MR) is 147 cm³/mol. The molecule has 1 aliphatic rings. The maximum atomic E-state index is 13.9. The number of carbonyl (C=O) groups is 1. The zero-order chi connectivity index (χ0) is 26.3. The first-order chi connectivity index (χ1) is 17.8. The van der Waals surface area contributed by atoms with Crippen LogP contribution >= 0.6 is 22.9 Å². The third-order valence-electron chi connectivity index (χ3n) is 6.20. The molecular weight excluding hydrogens is 508 g/mol. The fourth-order valence-corrected chi connectivity index (χ4v) is 5.71. The largest absolute Gasteiger partial charge is 0.496 e. The van der Waals surface area contributed by atoms with Crippen molar-refractivity contribution in [2.75, 3.05) is 7.11 Å². The molecule has 0 spiro atoms. The van der Waals surface area contributed by atoms with Crippen molar-refractivity contribution < 1.29 is 14.3 Å². The number of nitrogens with zero attached hydrogens (tertiary/aromatic N) is 2. The Bertz CT molecular complexity index is 1730. The van der Waals surface area contributed by atoms with Crippen LogP contribution in [0.4, 0.5) is 0 Å². The zero-order valence-corrected chi connectivity index (χ0v) is 22.4. The zero-order valence-electron chi connectivity index (χ0n) is 20.8. The lowest BCUT2D eigenvalue weighted by Crippen LogP contribution is -2.40. The van der Waals surface area contributed by atoms with Crippen LogP contribution in [0.5, 0.6) is 5.75 Å². The molecule has 0 fully saturated rings. The van der Waals surface area contributed by atoms with Gasteiger partial charge in [-0.05, 0) is 61.4 Å². The fraction of sp³-hybridized carbons (Fsp3) is 0.207. The second kappa shape index (κ2) is 10.00. The number of thiazole rings is 1. The Kier molecular flexibility index (Phi) is 6.75. The lowest BCUT2D eigenvalue weighted by atomic mass is 9.96. The van der Waals surface area contributed by atoms with Gasteiger partial charge in [0, 0.05) is 10.6 Å². The van der Waals surface area contributed by atoms with E-state index < -0.39 is 12.0 Å². The van der Waals surface area contributed by atoms with E-state index in [1.165, 1.54) is 11.3 Å². The molecule has 0 radical (unpaired) electrons. The minimum absolute atomic E-state index is 0.249. The Morgan fingerprint density at radius 1 is 1.11 bits per heavy atom. The summed E-state index contributed by atoms with van der Waals surface area (Å²) in [4.78, 5) is 32.3. The number of fused-ring (bicyclic) bond motifs is 2. The molecule has 37 heavy (non-hydrogen) atoms. The monoisotopic (exact) mass is 532 g/mol. The summed E-state index contributed by atoms with van der Waals surface area (Å²) >= 11 is 7.42. The van der Waals surface area contributed by atoms with Gasteiger partial charge >= 0.3 is 5.97 Å². The molecule has 0 bridgehead atoms. The van der Waals surface area contributed by atoms with Crippen molar-refractivity contribution in [3.8, 4) is 5.75 Å². The number of halogens is 1. The van der Waals surface area contributed by atoms with Crippen molar-refractivity contribution in [1.82, 2.24) is 4.57 Å². The number of hydrogen-bond acceptors (Lipinski definition) is 6. The molecular formula is C29H25ClN2O4S. The van der Waals surface area contributed by atoms with Gasteiger partial charge in [0.15, 0.2) is 4.80 Å². The van der Waals surface area contributed by atoms with Crippen LogP contribution in [0.2, 0.25) is 5.02 Å². The van der Waals surface area contributed by atoms with E-state index in [2.05, 4.69) is 4.99 Å². The number of aromatic nitrogens is 1. The third-order valence-corrected chi connectivity index (χ3v) is 7.43. The highest BCUT2D eigenvalue weighted by Gasteiger charge is 2.33. The van der Waals surface area contributed by atoms with Crippen molar-refractivity contribution >= 4 is 45.8 Å². The number of allylic oxidation sites excluding steroid dienone is 1. The highest BCUT2D eigenvalue weighted by atomic mass is 35.5. The van der Waals surface area contributed by atoms with Crippen LogP contribution in [0, 0.1) is 0 Å². The Labute approximate surface area is 222 Å². The summed E-state index contributed by atoms with van der Waals surface area (Å²) in [5.74, 6) is 0.164. The van der Waals surface area contributed by atoms with Gasteiger partial charge in [0.05, 0.1) is 35.1 Å². The standard InChI is InChI=1S/C29H25ClN2O4S/c1-16(2)36-28(34)25-17(3)31-29-32(26(25)19-9-12-20(30)13-10-19)27(33)24(37-29)15-22-21-8-6-5-7-18(21)11-14-23(22)35-4/h5-16,26H,1-4H3/b24-15-. The molecule has 1 aliphatic heterocycles. The molecule has 0 N–H and O–H groups in total. The topological polar surface area (TPSA) is 69.9 Å². The third kappa shape index (κ3) is 4.61. The molecule has 2 heterocycles. The molecule has 1 aromatic heterocycles. The molecule has 3 aromatic carbocycles. The molecule has 0 aliphatic carbocycles. The second-order valence-corrected chi connectivity index (χ2v) is 10.4. The van der Waals surface area contributed by atoms with E-state index in [1.54, 1.807) is 44.6 Å². The van der Waals surface area contributed by atoms with E-state index >= 15 is 0 Å². The van der Waals surface area contributed by atoms with E-state index in [9.17, 15) is 9.59 Å². The van der Waals surface area contributed by atoms with Gasteiger partial charge in [-0.25, -0.2) is 9.79 Å². The number of hydrogen-bond donors (Lipinski definition) is 0. The number of carbonyl (C=O) groups excluding carboxylic acids is 1. The lowest BCUT2D eigenvalue weighted by molar-refractivity contribution is -0.143. The van der Waals surface area contributed by atoms with E-state index in [-0.39, 0.29) is 11.7 Å². The van der Waals surface area contributed by atoms with Crippen molar-refractivity contribution in [2.24, 2.45) is 4.99 Å². The summed E-state index contributed by atoms with van der Waals surface area (Å²) in [6.45, 7) is 5.35. The van der Waals surface area contributed by atoms with Crippen LogP contribution in [-0.2, 0) is 9.53 Å². The number of methoxy groups -OCH3 is 1. The predicted octanol–water partition coefficient (Wildman–Crippen LogP) is 5.00. The van der Waals surface area contributed by atoms with Crippen molar-refractivity contribution in [2.45, 2.75) is 32.9 Å². The molecule has 1 atom stereocenters. The van der Waals surface area contributed by atoms with Crippen molar-refractivity contribution in [3.05, 3.63) is 108 Å². The van der Waals surface area contributed by atoms with Crippen molar-refractivity contribution in [3.63, 3.8) is 0 Å². The van der Waals surface area contributed by atoms with Gasteiger partial charge in [0.2, 0.25) is 0 Å². The molecule has 5 rings (SSSR count). The summed E-state index contributed by atoms with van der Waals surface area (Å²) in [6, 6.07) is 18.3. The summed E-state index contributed by atoms with van der Waals surface area (Å²) in [7, 11) is 1.61. The van der Waals surface area contributed by atoms with Crippen LogP contribution in [0.15, 0.2) is 81.7 Å². The normalized spacial score (nSPS) is 15.6. The Hall–Kier alpha value is -3.68. The Balaban J connectivity index is 1.77. The van der Waals surface area contributed by atoms with Crippen molar-refractivity contribution in [1.29, 1.82) is 0 Å². The van der Waals surface area contributed by atoms with Gasteiger partial charge < -0.3 is 9.47 Å². The van der Waals surface area contributed by atoms with Gasteiger partial charge in [-0.15, -0.1) is 0 Å². The molecule has 0 saturated heterocycles. The molecule has 0 amide bonds. The van der Waals surface area contributed by atoms with Gasteiger partial charge in [0.1, 0.15) is 5.75 Å². The molecule has 188 valence electrons. The van der Waals surface area contributed by atoms with Crippen LogP contribution in [0.1, 0.15) is 37.9 Å². The minimum Gasteiger partial charge on any atom is -0.496 e. The number of ether oxygens (including phenoxy) is 2. The SMILES string of the molecule is COc1ccc2ccccc2c1/C=c1\sc2n(c1=O)C(c1ccc(Cl)cc1)C(C(=O)OC(C)C)=C(C)N=2. The van der Waals surface area contributed by atoms with Gasteiger partial charge in [0.25, 0.3) is 5.56 Å². The molecule has 6 nitrogen and oxygen atoms in total. The first kappa shape index (κ1) is 25.0. The molecule has 4 aromatic rings. The van der Waals surface area contributed by atoms with E-state index in [0.717, 1.165) is 21.9 Å². The quantitative estimate of drug-likeness (QED) is 0.339. The molecule has 1 unspecified atom stereocenters. The average molecular weight is 533 g/mol. The summed E-state index contributed by atoms with van der Waals surface area (Å²) in [6.07, 6.45) is 1.53.